The summed E-state index contributed by atoms with van der Waals surface area (Å²) in [5, 5.41) is 2.56. The van der Waals surface area contributed by atoms with Crippen molar-refractivity contribution in [1.82, 2.24) is 5.32 Å². The summed E-state index contributed by atoms with van der Waals surface area (Å²) in [4.78, 5) is 24.5. The number of carbonyl (C=O) groups excluding carboxylic acids is 2. The highest BCUT2D eigenvalue weighted by Gasteiger charge is 2.31. The second kappa shape index (κ2) is 9.07. The summed E-state index contributed by atoms with van der Waals surface area (Å²) >= 11 is 0. The molecule has 1 amide bonds. The highest BCUT2D eigenvalue weighted by molar-refractivity contribution is 5.96. The Kier molecular flexibility index (Phi) is 6.81. The first kappa shape index (κ1) is 20.3. The topological polar surface area (TPSA) is 64.6 Å². The van der Waals surface area contributed by atoms with Crippen LogP contribution < -0.4 is 10.1 Å². The van der Waals surface area contributed by atoms with Crippen molar-refractivity contribution < 1.29 is 32.2 Å². The van der Waals surface area contributed by atoms with Crippen molar-refractivity contribution in [3.05, 3.63) is 65.7 Å². The van der Waals surface area contributed by atoms with E-state index >= 15 is 0 Å². The minimum atomic E-state index is -4.81. The SMILES string of the molecule is CCOC(=O)C(Cc1ccccc1)NC(=O)c1ccc(OC(F)(F)F)cc1. The molecular weight excluding hydrogens is 363 g/mol. The van der Waals surface area contributed by atoms with Crippen LogP contribution in [0.5, 0.6) is 5.75 Å². The highest BCUT2D eigenvalue weighted by atomic mass is 19.4. The Labute approximate surface area is 154 Å². The third-order valence-corrected chi connectivity index (χ3v) is 3.51. The molecule has 0 saturated heterocycles. The fourth-order valence-electron chi connectivity index (χ4n) is 2.34. The van der Waals surface area contributed by atoms with Crippen LogP contribution in [-0.4, -0.2) is 30.9 Å². The molecule has 0 radical (unpaired) electrons. The van der Waals surface area contributed by atoms with Crippen LogP contribution in [0.15, 0.2) is 54.6 Å². The maximum Gasteiger partial charge on any atom is 0.573 e. The minimum absolute atomic E-state index is 0.0897. The van der Waals surface area contributed by atoms with E-state index in [0.717, 1.165) is 17.7 Å². The highest BCUT2D eigenvalue weighted by Crippen LogP contribution is 2.22. The van der Waals surface area contributed by atoms with E-state index in [2.05, 4.69) is 10.1 Å². The van der Waals surface area contributed by atoms with Gasteiger partial charge in [0.25, 0.3) is 5.91 Å². The van der Waals surface area contributed by atoms with E-state index in [0.29, 0.717) is 0 Å². The number of carbonyl (C=O) groups is 2. The van der Waals surface area contributed by atoms with E-state index in [9.17, 15) is 22.8 Å². The van der Waals surface area contributed by atoms with Crippen LogP contribution in [0, 0.1) is 0 Å². The molecule has 27 heavy (non-hydrogen) atoms. The number of hydrogen-bond donors (Lipinski definition) is 1. The van der Waals surface area contributed by atoms with Gasteiger partial charge in [-0.1, -0.05) is 30.3 Å². The summed E-state index contributed by atoms with van der Waals surface area (Å²) in [5.41, 5.74) is 0.914. The summed E-state index contributed by atoms with van der Waals surface area (Å²) in [6.07, 6.45) is -4.59. The van der Waals surface area contributed by atoms with E-state index in [1.165, 1.54) is 12.1 Å². The summed E-state index contributed by atoms with van der Waals surface area (Å²) in [7, 11) is 0. The summed E-state index contributed by atoms with van der Waals surface area (Å²) in [6.45, 7) is 1.81. The number of nitrogens with one attached hydrogen (secondary N) is 1. The van der Waals surface area contributed by atoms with Gasteiger partial charge in [0.2, 0.25) is 0 Å². The van der Waals surface area contributed by atoms with E-state index < -0.39 is 30.0 Å². The molecule has 2 aromatic carbocycles. The van der Waals surface area contributed by atoms with Gasteiger partial charge in [0.15, 0.2) is 0 Å². The lowest BCUT2D eigenvalue weighted by Crippen LogP contribution is -2.43. The van der Waals surface area contributed by atoms with Crippen LogP contribution in [0.3, 0.4) is 0 Å². The molecule has 0 aliphatic heterocycles. The summed E-state index contributed by atoms with van der Waals surface area (Å²) < 4.78 is 45.3. The van der Waals surface area contributed by atoms with Crippen LogP contribution in [0.25, 0.3) is 0 Å². The van der Waals surface area contributed by atoms with Gasteiger partial charge in [0.1, 0.15) is 11.8 Å². The third kappa shape index (κ3) is 6.65. The lowest BCUT2D eigenvalue weighted by atomic mass is 10.1. The normalized spacial score (nSPS) is 12.1. The smallest absolute Gasteiger partial charge is 0.464 e. The van der Waals surface area contributed by atoms with E-state index in [4.69, 9.17) is 4.74 Å². The molecule has 2 aromatic rings. The predicted molar refractivity (Wildman–Crippen MR) is 91.2 cm³/mol. The molecule has 0 bridgehead atoms. The average Bonchev–Trinajstić information content (AvgIpc) is 2.61. The monoisotopic (exact) mass is 381 g/mol. The molecule has 0 heterocycles. The summed E-state index contributed by atoms with van der Waals surface area (Å²) in [6, 6.07) is 12.5. The largest absolute Gasteiger partial charge is 0.573 e. The van der Waals surface area contributed by atoms with E-state index in [1.807, 2.05) is 18.2 Å². The molecule has 1 N–H and O–H groups in total. The van der Waals surface area contributed by atoms with Crippen molar-refractivity contribution in [2.24, 2.45) is 0 Å². The van der Waals surface area contributed by atoms with Crippen molar-refractivity contribution in [2.45, 2.75) is 25.7 Å². The molecule has 0 aliphatic rings. The Balaban J connectivity index is 2.09. The van der Waals surface area contributed by atoms with Gasteiger partial charge in [-0.25, -0.2) is 4.79 Å². The number of rotatable bonds is 7. The second-order valence-corrected chi connectivity index (χ2v) is 5.54. The minimum Gasteiger partial charge on any atom is -0.464 e. The Morgan fingerprint density at radius 2 is 1.67 bits per heavy atom. The van der Waals surface area contributed by atoms with Gasteiger partial charge < -0.3 is 14.8 Å². The molecule has 0 aliphatic carbocycles. The fourth-order valence-corrected chi connectivity index (χ4v) is 2.34. The zero-order chi connectivity index (χ0) is 19.9. The zero-order valence-electron chi connectivity index (χ0n) is 14.5. The van der Waals surface area contributed by atoms with Crippen molar-refractivity contribution in [2.75, 3.05) is 6.61 Å². The molecule has 0 fully saturated rings. The number of halogens is 3. The van der Waals surface area contributed by atoms with Crippen molar-refractivity contribution in [3.8, 4) is 5.75 Å². The van der Waals surface area contributed by atoms with E-state index in [-0.39, 0.29) is 18.6 Å². The van der Waals surface area contributed by atoms with Gasteiger partial charge in [0, 0.05) is 12.0 Å². The van der Waals surface area contributed by atoms with Gasteiger partial charge >= 0.3 is 12.3 Å². The van der Waals surface area contributed by atoms with Crippen molar-refractivity contribution >= 4 is 11.9 Å². The maximum atomic E-state index is 12.4. The lowest BCUT2D eigenvalue weighted by molar-refractivity contribution is -0.274. The van der Waals surface area contributed by atoms with Crippen molar-refractivity contribution in [1.29, 1.82) is 0 Å². The van der Waals surface area contributed by atoms with Gasteiger partial charge in [-0.15, -0.1) is 13.2 Å². The predicted octanol–water partition coefficient (Wildman–Crippen LogP) is 3.49. The Bertz CT molecular complexity index is 761. The van der Waals surface area contributed by atoms with Crippen LogP contribution in [0.2, 0.25) is 0 Å². The van der Waals surface area contributed by atoms with Crippen molar-refractivity contribution in [3.63, 3.8) is 0 Å². The molecule has 1 atom stereocenters. The standard InChI is InChI=1S/C19H18F3NO4/c1-2-26-18(25)16(12-13-6-4-3-5-7-13)23-17(24)14-8-10-15(11-9-14)27-19(20,21)22/h3-11,16H,2,12H2,1H3,(H,23,24). The summed E-state index contributed by atoms with van der Waals surface area (Å²) in [5.74, 6) is -1.64. The lowest BCUT2D eigenvalue weighted by Gasteiger charge is -2.17. The third-order valence-electron chi connectivity index (χ3n) is 3.51. The quantitative estimate of drug-likeness (QED) is 0.746. The zero-order valence-corrected chi connectivity index (χ0v) is 14.5. The van der Waals surface area contributed by atoms with Gasteiger partial charge in [-0.05, 0) is 36.8 Å². The first-order valence-corrected chi connectivity index (χ1v) is 8.15. The first-order chi connectivity index (χ1) is 12.8. The molecule has 144 valence electrons. The molecular formula is C19H18F3NO4. The Morgan fingerprint density at radius 3 is 2.22 bits per heavy atom. The molecule has 8 heteroatoms. The number of hydrogen-bond acceptors (Lipinski definition) is 4. The number of alkyl halides is 3. The fraction of sp³-hybridized carbons (Fsp3) is 0.263. The number of benzene rings is 2. The molecule has 2 rings (SSSR count). The van der Waals surface area contributed by atoms with Crippen LogP contribution in [0.4, 0.5) is 13.2 Å². The Morgan fingerprint density at radius 1 is 1.04 bits per heavy atom. The van der Waals surface area contributed by atoms with Crippen LogP contribution in [0.1, 0.15) is 22.8 Å². The molecule has 0 saturated carbocycles. The van der Waals surface area contributed by atoms with Gasteiger partial charge in [0.05, 0.1) is 6.61 Å². The van der Waals surface area contributed by atoms with Crippen LogP contribution >= 0.6 is 0 Å². The molecule has 0 spiro atoms. The average molecular weight is 381 g/mol. The maximum absolute atomic E-state index is 12.4. The molecule has 5 nitrogen and oxygen atoms in total. The number of ether oxygens (including phenoxy) is 2. The van der Waals surface area contributed by atoms with Crippen LogP contribution in [-0.2, 0) is 16.0 Å². The van der Waals surface area contributed by atoms with Gasteiger partial charge in [-0.2, -0.15) is 0 Å². The van der Waals surface area contributed by atoms with Gasteiger partial charge in [-0.3, -0.25) is 4.79 Å². The Hall–Kier alpha value is -3.03. The number of amides is 1. The second-order valence-electron chi connectivity index (χ2n) is 5.54. The van der Waals surface area contributed by atoms with E-state index in [1.54, 1.807) is 19.1 Å². The molecule has 0 aromatic heterocycles. The first-order valence-electron chi connectivity index (χ1n) is 8.15. The number of esters is 1. The molecule has 1 unspecified atom stereocenters.